The van der Waals surface area contributed by atoms with Crippen molar-refractivity contribution in [1.82, 2.24) is 25.0 Å². The van der Waals surface area contributed by atoms with E-state index in [0.717, 1.165) is 5.56 Å². The molecule has 3 aromatic rings. The van der Waals surface area contributed by atoms with Crippen molar-refractivity contribution in [3.05, 3.63) is 40.7 Å². The maximum Gasteiger partial charge on any atom is 0.281 e. The standard InChI is InChI=1S/C11H9N5O/c1-16-14-8-10(15-16)12-9(13-11(8)17)7-5-3-2-4-6-7/h2-6H,1H3,(H,12,13,15,17). The van der Waals surface area contributed by atoms with Gasteiger partial charge in [-0.3, -0.25) is 4.79 Å². The molecule has 0 aliphatic rings. The molecule has 6 nitrogen and oxygen atoms in total. The third-order valence-electron chi connectivity index (χ3n) is 2.41. The number of nitrogens with one attached hydrogen (secondary N) is 1. The summed E-state index contributed by atoms with van der Waals surface area (Å²) in [6.45, 7) is 0. The maximum absolute atomic E-state index is 11.8. The Morgan fingerprint density at radius 3 is 2.71 bits per heavy atom. The topological polar surface area (TPSA) is 76.5 Å². The molecule has 1 N–H and O–H groups in total. The second kappa shape index (κ2) is 3.51. The zero-order valence-corrected chi connectivity index (χ0v) is 9.08. The number of hydrogen-bond donors (Lipinski definition) is 1. The summed E-state index contributed by atoms with van der Waals surface area (Å²) in [6, 6.07) is 9.43. The van der Waals surface area contributed by atoms with Crippen molar-refractivity contribution in [2.75, 3.05) is 0 Å². The van der Waals surface area contributed by atoms with E-state index in [0.29, 0.717) is 11.5 Å². The Balaban J connectivity index is 2.29. The molecule has 0 spiro atoms. The van der Waals surface area contributed by atoms with Crippen LogP contribution in [0.5, 0.6) is 0 Å². The molecular formula is C11H9N5O. The number of aromatic nitrogens is 5. The number of hydrogen-bond acceptors (Lipinski definition) is 4. The fraction of sp³-hybridized carbons (Fsp3) is 0.0909. The summed E-state index contributed by atoms with van der Waals surface area (Å²) in [6.07, 6.45) is 0. The number of fused-ring (bicyclic) bond motifs is 1. The van der Waals surface area contributed by atoms with Crippen molar-refractivity contribution in [3.63, 3.8) is 0 Å². The molecule has 0 fully saturated rings. The van der Waals surface area contributed by atoms with Gasteiger partial charge < -0.3 is 4.98 Å². The van der Waals surface area contributed by atoms with E-state index in [-0.39, 0.29) is 11.1 Å². The fourth-order valence-electron chi connectivity index (χ4n) is 1.65. The molecule has 0 atom stereocenters. The monoisotopic (exact) mass is 227 g/mol. The zero-order valence-electron chi connectivity index (χ0n) is 9.08. The van der Waals surface area contributed by atoms with Crippen LogP contribution in [0.25, 0.3) is 22.6 Å². The van der Waals surface area contributed by atoms with Crippen molar-refractivity contribution < 1.29 is 0 Å². The molecule has 1 aromatic carbocycles. The molecule has 0 amide bonds. The van der Waals surface area contributed by atoms with Gasteiger partial charge >= 0.3 is 0 Å². The van der Waals surface area contributed by atoms with Gasteiger partial charge in [0.25, 0.3) is 5.56 Å². The molecule has 0 bridgehead atoms. The minimum atomic E-state index is -0.276. The molecule has 3 rings (SSSR count). The quantitative estimate of drug-likeness (QED) is 0.664. The van der Waals surface area contributed by atoms with Gasteiger partial charge in [-0.05, 0) is 0 Å². The molecule has 84 valence electrons. The lowest BCUT2D eigenvalue weighted by Crippen LogP contribution is -2.09. The summed E-state index contributed by atoms with van der Waals surface area (Å²) >= 11 is 0. The second-order valence-electron chi connectivity index (χ2n) is 3.64. The van der Waals surface area contributed by atoms with Gasteiger partial charge in [0.15, 0.2) is 5.52 Å². The van der Waals surface area contributed by atoms with Gasteiger partial charge in [-0.25, -0.2) is 4.98 Å². The first-order valence-corrected chi connectivity index (χ1v) is 5.11. The van der Waals surface area contributed by atoms with Crippen LogP contribution in [0.3, 0.4) is 0 Å². The van der Waals surface area contributed by atoms with Crippen molar-refractivity contribution in [3.8, 4) is 11.4 Å². The van der Waals surface area contributed by atoms with E-state index in [1.54, 1.807) is 7.05 Å². The van der Waals surface area contributed by atoms with Crippen LogP contribution in [0.4, 0.5) is 0 Å². The Labute approximate surface area is 95.9 Å². The molecule has 2 heterocycles. The van der Waals surface area contributed by atoms with Crippen LogP contribution >= 0.6 is 0 Å². The first-order chi connectivity index (χ1) is 8.24. The van der Waals surface area contributed by atoms with Crippen LogP contribution in [-0.4, -0.2) is 25.0 Å². The largest absolute Gasteiger partial charge is 0.304 e. The Bertz CT molecular complexity index is 728. The van der Waals surface area contributed by atoms with Gasteiger partial charge in [0, 0.05) is 12.6 Å². The zero-order chi connectivity index (χ0) is 11.8. The van der Waals surface area contributed by atoms with Gasteiger partial charge in [-0.15, -0.1) is 10.2 Å². The lowest BCUT2D eigenvalue weighted by Gasteiger charge is -1.98. The molecular weight excluding hydrogens is 218 g/mol. The molecule has 17 heavy (non-hydrogen) atoms. The molecule has 0 saturated heterocycles. The number of H-pyrrole nitrogens is 1. The maximum atomic E-state index is 11.8. The highest BCUT2D eigenvalue weighted by molar-refractivity contribution is 5.70. The molecule has 2 aromatic heterocycles. The normalized spacial score (nSPS) is 10.9. The minimum Gasteiger partial charge on any atom is -0.304 e. The highest BCUT2D eigenvalue weighted by Crippen LogP contribution is 2.13. The van der Waals surface area contributed by atoms with Crippen LogP contribution in [-0.2, 0) is 7.05 Å². The number of rotatable bonds is 1. The number of aromatic amines is 1. The molecule has 0 saturated carbocycles. The summed E-state index contributed by atoms with van der Waals surface area (Å²) in [5.41, 5.74) is 1.18. The Kier molecular flexibility index (Phi) is 2.01. The average Bonchev–Trinajstić information content (AvgIpc) is 2.71. The fourth-order valence-corrected chi connectivity index (χ4v) is 1.65. The SMILES string of the molecule is Cn1nc2nc(-c3ccccc3)[nH]c(=O)c2n1. The van der Waals surface area contributed by atoms with Crippen LogP contribution in [0, 0.1) is 0 Å². The van der Waals surface area contributed by atoms with E-state index < -0.39 is 0 Å². The highest BCUT2D eigenvalue weighted by Gasteiger charge is 2.09. The Morgan fingerprint density at radius 2 is 1.94 bits per heavy atom. The molecule has 0 aliphatic carbocycles. The van der Waals surface area contributed by atoms with Gasteiger partial charge in [0.2, 0.25) is 5.65 Å². The molecule has 0 aliphatic heterocycles. The smallest absolute Gasteiger partial charge is 0.281 e. The molecule has 0 radical (unpaired) electrons. The van der Waals surface area contributed by atoms with Crippen molar-refractivity contribution in [2.45, 2.75) is 0 Å². The Hall–Kier alpha value is -2.50. The minimum absolute atomic E-state index is 0.257. The van der Waals surface area contributed by atoms with E-state index in [9.17, 15) is 4.79 Å². The van der Waals surface area contributed by atoms with Gasteiger partial charge in [-0.2, -0.15) is 4.80 Å². The molecule has 6 heteroatoms. The first-order valence-electron chi connectivity index (χ1n) is 5.11. The number of benzene rings is 1. The van der Waals surface area contributed by atoms with E-state index in [4.69, 9.17) is 0 Å². The van der Waals surface area contributed by atoms with Gasteiger partial charge in [-0.1, -0.05) is 30.3 Å². The van der Waals surface area contributed by atoms with Crippen molar-refractivity contribution in [2.24, 2.45) is 7.05 Å². The summed E-state index contributed by atoms with van der Waals surface area (Å²) in [5.74, 6) is 0.503. The Morgan fingerprint density at radius 1 is 1.18 bits per heavy atom. The summed E-state index contributed by atoms with van der Waals surface area (Å²) in [5, 5.41) is 7.98. The first kappa shape index (κ1) is 9.71. The average molecular weight is 227 g/mol. The van der Waals surface area contributed by atoms with Crippen molar-refractivity contribution >= 4 is 11.2 Å². The summed E-state index contributed by atoms with van der Waals surface area (Å²) in [4.78, 5) is 20.1. The summed E-state index contributed by atoms with van der Waals surface area (Å²) < 4.78 is 0. The van der Waals surface area contributed by atoms with E-state index in [1.165, 1.54) is 4.80 Å². The predicted molar refractivity (Wildman–Crippen MR) is 62.4 cm³/mol. The lowest BCUT2D eigenvalue weighted by atomic mass is 10.2. The van der Waals surface area contributed by atoms with Crippen LogP contribution < -0.4 is 5.56 Å². The van der Waals surface area contributed by atoms with Gasteiger partial charge in [0.1, 0.15) is 5.82 Å². The number of aryl methyl sites for hydroxylation is 1. The van der Waals surface area contributed by atoms with Crippen LogP contribution in [0.15, 0.2) is 35.1 Å². The van der Waals surface area contributed by atoms with E-state index in [1.807, 2.05) is 30.3 Å². The van der Waals surface area contributed by atoms with Crippen LogP contribution in [0.1, 0.15) is 0 Å². The lowest BCUT2D eigenvalue weighted by molar-refractivity contribution is 0.663. The van der Waals surface area contributed by atoms with E-state index >= 15 is 0 Å². The van der Waals surface area contributed by atoms with Crippen LogP contribution in [0.2, 0.25) is 0 Å². The highest BCUT2D eigenvalue weighted by atomic mass is 16.1. The third-order valence-corrected chi connectivity index (χ3v) is 2.41. The molecule has 0 unspecified atom stereocenters. The predicted octanol–water partition coefficient (Wildman–Crippen LogP) is 0.719. The third kappa shape index (κ3) is 1.59. The number of nitrogens with zero attached hydrogens (tertiary/aromatic N) is 4. The second-order valence-corrected chi connectivity index (χ2v) is 3.64. The van der Waals surface area contributed by atoms with E-state index in [2.05, 4.69) is 20.2 Å². The van der Waals surface area contributed by atoms with Crippen molar-refractivity contribution in [1.29, 1.82) is 0 Å². The summed E-state index contributed by atoms with van der Waals surface area (Å²) in [7, 11) is 1.66. The van der Waals surface area contributed by atoms with Gasteiger partial charge in [0.05, 0.1) is 0 Å².